The molecule has 35 heavy (non-hydrogen) atoms. The van der Waals surface area contributed by atoms with Crippen LogP contribution in [0.4, 0.5) is 37.2 Å². The van der Waals surface area contributed by atoms with Crippen molar-refractivity contribution in [3.05, 3.63) is 71.6 Å². The predicted octanol–water partition coefficient (Wildman–Crippen LogP) is 5.31. The van der Waals surface area contributed by atoms with Gasteiger partial charge in [0.25, 0.3) is 5.91 Å². The van der Waals surface area contributed by atoms with E-state index in [9.17, 15) is 18.4 Å². The number of nitrogens with zero attached hydrogens (tertiary/aromatic N) is 2. The second kappa shape index (κ2) is 8.65. The fraction of sp³-hybridized carbons (Fsp3) is 0.269. The van der Waals surface area contributed by atoms with E-state index in [-0.39, 0.29) is 17.5 Å². The highest BCUT2D eigenvalue weighted by Crippen LogP contribution is 2.37. The molecule has 0 spiro atoms. The third kappa shape index (κ3) is 4.41. The molecule has 0 aliphatic carbocycles. The summed E-state index contributed by atoms with van der Waals surface area (Å²) in [5.74, 6) is -2.10. The van der Waals surface area contributed by atoms with Crippen molar-refractivity contribution in [3.63, 3.8) is 0 Å². The van der Waals surface area contributed by atoms with Crippen LogP contribution in [0.1, 0.15) is 42.6 Å². The van der Waals surface area contributed by atoms with Crippen LogP contribution in [0.25, 0.3) is 0 Å². The maximum absolute atomic E-state index is 13.4. The summed E-state index contributed by atoms with van der Waals surface area (Å²) < 4.78 is 26.9. The number of amides is 2. The zero-order valence-corrected chi connectivity index (χ0v) is 19.4. The number of fused-ring (bicyclic) bond motifs is 2. The van der Waals surface area contributed by atoms with E-state index < -0.39 is 17.3 Å². The fourth-order valence-corrected chi connectivity index (χ4v) is 4.55. The van der Waals surface area contributed by atoms with Crippen molar-refractivity contribution in [1.82, 2.24) is 9.88 Å². The average Bonchev–Trinajstić information content (AvgIpc) is 3.29. The number of aromatic nitrogens is 1. The molecule has 0 radical (unpaired) electrons. The summed E-state index contributed by atoms with van der Waals surface area (Å²) in [7, 11) is 0. The first kappa shape index (κ1) is 22.8. The molecule has 2 aromatic carbocycles. The van der Waals surface area contributed by atoms with E-state index in [1.54, 1.807) is 18.2 Å². The Bertz CT molecular complexity index is 1320. The van der Waals surface area contributed by atoms with Crippen molar-refractivity contribution in [2.24, 2.45) is 0 Å². The minimum atomic E-state index is -0.935. The predicted molar refractivity (Wildman–Crippen MR) is 130 cm³/mol. The van der Waals surface area contributed by atoms with Crippen LogP contribution < -0.4 is 16.0 Å². The Morgan fingerprint density at radius 2 is 1.63 bits per heavy atom. The molecule has 0 bridgehead atoms. The fourth-order valence-electron chi connectivity index (χ4n) is 4.55. The zero-order valence-electron chi connectivity index (χ0n) is 19.4. The third-order valence-corrected chi connectivity index (χ3v) is 6.50. The lowest BCUT2D eigenvalue weighted by atomic mass is 9.82. The molecular weight excluding hydrogens is 452 g/mol. The highest BCUT2D eigenvalue weighted by Gasteiger charge is 2.35. The van der Waals surface area contributed by atoms with E-state index in [2.05, 4.69) is 20.9 Å². The van der Waals surface area contributed by atoms with Gasteiger partial charge >= 0.3 is 0 Å². The van der Waals surface area contributed by atoms with E-state index in [1.807, 2.05) is 36.9 Å². The highest BCUT2D eigenvalue weighted by atomic mass is 19.1. The summed E-state index contributed by atoms with van der Waals surface area (Å²) in [6.45, 7) is 5.35. The molecule has 2 amide bonds. The number of anilines is 5. The smallest absolute Gasteiger partial charge is 0.257 e. The lowest BCUT2D eigenvalue weighted by Gasteiger charge is -2.30. The van der Waals surface area contributed by atoms with E-state index in [1.165, 1.54) is 0 Å². The van der Waals surface area contributed by atoms with Gasteiger partial charge in [0.2, 0.25) is 17.8 Å². The standard InChI is InChI=1S/C26H25F2N5O2/c1-26(2,25(35)33-9-3-4-10-33)15-5-8-19-21(11-15)31-24(34)18-7-6-16(12-20(18)30-19)29-17-13-22(27)32-23(28)14-17/h5-8,11-14,30H,3-4,9-10H2,1-2H3,(H,29,32)(H,31,34). The maximum atomic E-state index is 13.4. The molecule has 7 nitrogen and oxygen atoms in total. The molecular formula is C26H25F2N5O2. The number of likely N-dealkylation sites (tertiary alicyclic amines) is 1. The molecule has 0 atom stereocenters. The van der Waals surface area contributed by atoms with Crippen molar-refractivity contribution < 1.29 is 18.4 Å². The maximum Gasteiger partial charge on any atom is 0.257 e. The molecule has 3 aromatic rings. The first-order valence-corrected chi connectivity index (χ1v) is 11.5. The molecule has 5 rings (SSSR count). The molecule has 3 N–H and O–H groups in total. The van der Waals surface area contributed by atoms with Crippen LogP contribution in [0.15, 0.2) is 48.5 Å². The Morgan fingerprint density at radius 3 is 2.34 bits per heavy atom. The molecule has 2 aliphatic heterocycles. The lowest BCUT2D eigenvalue weighted by molar-refractivity contribution is -0.135. The molecule has 180 valence electrons. The average molecular weight is 478 g/mol. The van der Waals surface area contributed by atoms with E-state index in [0.717, 1.165) is 43.6 Å². The Hall–Kier alpha value is -4.01. The molecule has 9 heteroatoms. The van der Waals surface area contributed by atoms with E-state index in [0.29, 0.717) is 28.3 Å². The number of hydrogen-bond donors (Lipinski definition) is 3. The summed E-state index contributed by atoms with van der Waals surface area (Å²) in [4.78, 5) is 31.1. The summed E-state index contributed by atoms with van der Waals surface area (Å²) >= 11 is 0. The van der Waals surface area contributed by atoms with Gasteiger partial charge in [-0.05, 0) is 62.6 Å². The van der Waals surface area contributed by atoms with Crippen molar-refractivity contribution in [3.8, 4) is 0 Å². The van der Waals surface area contributed by atoms with Gasteiger partial charge < -0.3 is 20.9 Å². The van der Waals surface area contributed by atoms with Crippen LogP contribution >= 0.6 is 0 Å². The molecule has 0 unspecified atom stereocenters. The van der Waals surface area contributed by atoms with Gasteiger partial charge in [0.15, 0.2) is 0 Å². The summed E-state index contributed by atoms with van der Waals surface area (Å²) in [5.41, 5.74) is 2.98. The summed E-state index contributed by atoms with van der Waals surface area (Å²) in [6, 6.07) is 12.7. The quantitative estimate of drug-likeness (QED) is 0.443. The van der Waals surface area contributed by atoms with Gasteiger partial charge in [-0.1, -0.05) is 6.07 Å². The van der Waals surface area contributed by atoms with Gasteiger partial charge in [0.05, 0.1) is 28.0 Å². The van der Waals surface area contributed by atoms with Crippen LogP contribution in [-0.4, -0.2) is 34.8 Å². The van der Waals surface area contributed by atoms with Crippen LogP contribution in [0, 0.1) is 11.9 Å². The number of rotatable bonds is 4. The number of hydrogen-bond acceptors (Lipinski definition) is 5. The minimum Gasteiger partial charge on any atom is -0.355 e. The van der Waals surface area contributed by atoms with Crippen LogP contribution in [0.5, 0.6) is 0 Å². The molecule has 1 aromatic heterocycles. The second-order valence-corrected chi connectivity index (χ2v) is 9.35. The molecule has 0 saturated carbocycles. The first-order valence-electron chi connectivity index (χ1n) is 11.5. The Kier molecular flexibility index (Phi) is 5.62. The molecule has 1 saturated heterocycles. The van der Waals surface area contributed by atoms with Crippen molar-refractivity contribution in [2.75, 3.05) is 29.0 Å². The van der Waals surface area contributed by atoms with Crippen molar-refractivity contribution in [1.29, 1.82) is 0 Å². The minimum absolute atomic E-state index is 0.0749. The second-order valence-electron chi connectivity index (χ2n) is 9.35. The lowest BCUT2D eigenvalue weighted by Crippen LogP contribution is -2.42. The van der Waals surface area contributed by atoms with Crippen molar-refractivity contribution in [2.45, 2.75) is 32.1 Å². The molecule has 1 fully saturated rings. The monoisotopic (exact) mass is 477 g/mol. The normalized spacial score (nSPS) is 15.0. The van der Waals surface area contributed by atoms with E-state index in [4.69, 9.17) is 0 Å². The summed E-state index contributed by atoms with van der Waals surface area (Å²) in [5, 5.41) is 9.12. The van der Waals surface area contributed by atoms with Gasteiger partial charge in [-0.2, -0.15) is 13.8 Å². The Morgan fingerprint density at radius 1 is 0.914 bits per heavy atom. The van der Waals surface area contributed by atoms with Gasteiger partial charge in [0.1, 0.15) is 0 Å². The first-order chi connectivity index (χ1) is 16.7. The van der Waals surface area contributed by atoms with Crippen LogP contribution in [-0.2, 0) is 10.2 Å². The van der Waals surface area contributed by atoms with Gasteiger partial charge in [-0.25, -0.2) is 0 Å². The van der Waals surface area contributed by atoms with Crippen LogP contribution in [0.2, 0.25) is 0 Å². The number of carbonyl (C=O) groups is 2. The molecule has 2 aliphatic rings. The van der Waals surface area contributed by atoms with E-state index >= 15 is 0 Å². The Balaban J connectivity index is 1.43. The molecule has 3 heterocycles. The number of nitrogens with one attached hydrogen (secondary N) is 3. The Labute approximate surface area is 201 Å². The van der Waals surface area contributed by atoms with Gasteiger partial charge in [-0.3, -0.25) is 9.59 Å². The number of pyridine rings is 1. The number of halogens is 2. The van der Waals surface area contributed by atoms with Gasteiger partial charge in [-0.15, -0.1) is 0 Å². The number of carbonyl (C=O) groups excluding carboxylic acids is 2. The summed E-state index contributed by atoms with van der Waals surface area (Å²) in [6.07, 6.45) is 2.04. The zero-order chi connectivity index (χ0) is 24.7. The topological polar surface area (TPSA) is 86.4 Å². The highest BCUT2D eigenvalue weighted by molar-refractivity contribution is 6.12. The third-order valence-electron chi connectivity index (χ3n) is 6.50. The van der Waals surface area contributed by atoms with Crippen LogP contribution in [0.3, 0.4) is 0 Å². The van der Waals surface area contributed by atoms with Crippen molar-refractivity contribution >= 4 is 40.3 Å². The largest absolute Gasteiger partial charge is 0.355 e. The van der Waals surface area contributed by atoms with Gasteiger partial charge in [0, 0.05) is 36.6 Å². The number of benzene rings is 2. The SMILES string of the molecule is CC(C)(C(=O)N1CCCC1)c1ccc2c(c1)NC(=O)c1ccc(Nc3cc(F)nc(F)c3)cc1N2.